The van der Waals surface area contributed by atoms with Gasteiger partial charge in [0, 0.05) is 53.2 Å². The summed E-state index contributed by atoms with van der Waals surface area (Å²) in [5.41, 5.74) is 13.0. The molecule has 0 fully saturated rings. The summed E-state index contributed by atoms with van der Waals surface area (Å²) in [7, 11) is 0. The lowest BCUT2D eigenvalue weighted by Crippen LogP contribution is -1.94. The number of benzene rings is 8. The first-order chi connectivity index (χ1) is 30.7. The highest BCUT2D eigenvalue weighted by Gasteiger charge is 2.19. The zero-order chi connectivity index (χ0) is 41.0. The summed E-state index contributed by atoms with van der Waals surface area (Å²) in [6.07, 6.45) is 0. The minimum atomic E-state index is 0.725. The van der Waals surface area contributed by atoms with Gasteiger partial charge in [-0.2, -0.15) is 0 Å². The molecule has 4 nitrogen and oxygen atoms in total. The minimum absolute atomic E-state index is 0.725. The highest BCUT2D eigenvalue weighted by Crippen LogP contribution is 2.42. The molecular weight excluding hydrogens is 793 g/mol. The predicted octanol–water partition coefficient (Wildman–Crippen LogP) is 15.7. The minimum Gasteiger partial charge on any atom is -0.227 e. The van der Waals surface area contributed by atoms with Gasteiger partial charge in [-0.1, -0.05) is 194 Å². The Morgan fingerprint density at radius 3 is 0.903 bits per heavy atom. The van der Waals surface area contributed by atoms with Gasteiger partial charge in [0.25, 0.3) is 0 Å². The molecule has 8 aromatic carbocycles. The molecule has 0 aliphatic carbocycles. The van der Waals surface area contributed by atoms with Crippen LogP contribution in [0.15, 0.2) is 206 Å². The SMILES string of the molecule is c1ccc(-c2ccc(-c3nc(-c4ccc(-c5ccc(-c6nc(-c7ccc(-c8ccccc8)cc7)nc7sc8ccccc8c67)cc5)cc4)c4c(n3)sc3ccccc34)cc2)cc1. The first-order valence-corrected chi connectivity index (χ1v) is 22.2. The van der Waals surface area contributed by atoms with Crippen LogP contribution in [0, 0.1) is 0 Å². The van der Waals surface area contributed by atoms with Crippen molar-refractivity contribution in [1.29, 1.82) is 0 Å². The highest BCUT2D eigenvalue weighted by atomic mass is 32.1. The van der Waals surface area contributed by atoms with Crippen molar-refractivity contribution in [2.75, 3.05) is 0 Å². The van der Waals surface area contributed by atoms with E-state index in [0.717, 1.165) is 76.9 Å². The van der Waals surface area contributed by atoms with Crippen LogP contribution in [0.1, 0.15) is 0 Å². The van der Waals surface area contributed by atoms with Gasteiger partial charge in [-0.05, 0) is 45.5 Å². The van der Waals surface area contributed by atoms with E-state index in [2.05, 4.69) is 194 Å². The average Bonchev–Trinajstić information content (AvgIpc) is 3.93. The summed E-state index contributed by atoms with van der Waals surface area (Å²) in [6.45, 7) is 0. The number of fused-ring (bicyclic) bond motifs is 6. The van der Waals surface area contributed by atoms with Crippen molar-refractivity contribution in [1.82, 2.24) is 19.9 Å². The van der Waals surface area contributed by atoms with Gasteiger partial charge in [-0.15, -0.1) is 22.7 Å². The molecule has 4 aromatic heterocycles. The van der Waals surface area contributed by atoms with Crippen molar-refractivity contribution in [2.24, 2.45) is 0 Å². The second-order valence-corrected chi connectivity index (χ2v) is 17.5. The zero-order valence-corrected chi connectivity index (χ0v) is 34.9. The van der Waals surface area contributed by atoms with Crippen molar-refractivity contribution >= 4 is 63.3 Å². The smallest absolute Gasteiger partial charge is 0.161 e. The van der Waals surface area contributed by atoms with Gasteiger partial charge < -0.3 is 0 Å². The van der Waals surface area contributed by atoms with Crippen LogP contribution in [0.5, 0.6) is 0 Å². The van der Waals surface area contributed by atoms with E-state index in [9.17, 15) is 0 Å². The quantitative estimate of drug-likeness (QED) is 0.161. The van der Waals surface area contributed by atoms with Crippen molar-refractivity contribution in [3.8, 4) is 78.7 Å². The molecule has 12 rings (SSSR count). The van der Waals surface area contributed by atoms with Crippen LogP contribution in [0.2, 0.25) is 0 Å². The number of hydrogen-bond acceptors (Lipinski definition) is 6. The van der Waals surface area contributed by atoms with Crippen LogP contribution in [-0.2, 0) is 0 Å². The maximum atomic E-state index is 5.29. The third-order valence-electron chi connectivity index (χ3n) is 11.6. The van der Waals surface area contributed by atoms with Crippen LogP contribution in [0.4, 0.5) is 0 Å². The molecule has 0 saturated heterocycles. The maximum absolute atomic E-state index is 5.29. The Morgan fingerprint density at radius 2 is 0.532 bits per heavy atom. The lowest BCUT2D eigenvalue weighted by molar-refractivity contribution is 1.24. The lowest BCUT2D eigenvalue weighted by Gasteiger charge is -2.11. The molecule has 290 valence electrons. The lowest BCUT2D eigenvalue weighted by atomic mass is 9.98. The topological polar surface area (TPSA) is 51.6 Å². The molecule has 6 heteroatoms. The summed E-state index contributed by atoms with van der Waals surface area (Å²) in [4.78, 5) is 22.8. The number of aromatic nitrogens is 4. The van der Waals surface area contributed by atoms with Gasteiger partial charge in [0.15, 0.2) is 11.6 Å². The summed E-state index contributed by atoms with van der Waals surface area (Å²) >= 11 is 3.44. The van der Waals surface area contributed by atoms with Crippen LogP contribution in [0.25, 0.3) is 119 Å². The first-order valence-electron chi connectivity index (χ1n) is 20.6. The molecule has 0 radical (unpaired) electrons. The molecule has 12 aromatic rings. The predicted molar refractivity (Wildman–Crippen MR) is 261 cm³/mol. The van der Waals surface area contributed by atoms with Gasteiger partial charge in [-0.3, -0.25) is 0 Å². The Balaban J connectivity index is 0.899. The largest absolute Gasteiger partial charge is 0.227 e. The molecule has 0 unspecified atom stereocenters. The van der Waals surface area contributed by atoms with E-state index in [4.69, 9.17) is 19.9 Å². The molecule has 0 saturated carbocycles. The Bertz CT molecular complexity index is 3340. The fourth-order valence-corrected chi connectivity index (χ4v) is 10.6. The van der Waals surface area contributed by atoms with E-state index >= 15 is 0 Å². The summed E-state index contributed by atoms with van der Waals surface area (Å²) in [5.74, 6) is 1.45. The Labute approximate surface area is 366 Å². The van der Waals surface area contributed by atoms with Gasteiger partial charge in [-0.25, -0.2) is 19.9 Å². The Hall–Kier alpha value is -7.64. The molecule has 4 heterocycles. The third kappa shape index (κ3) is 6.45. The van der Waals surface area contributed by atoms with Crippen molar-refractivity contribution in [3.05, 3.63) is 206 Å². The number of hydrogen-bond donors (Lipinski definition) is 0. The van der Waals surface area contributed by atoms with E-state index in [0.29, 0.717) is 0 Å². The normalized spacial score (nSPS) is 11.5. The van der Waals surface area contributed by atoms with Crippen LogP contribution in [0.3, 0.4) is 0 Å². The molecule has 0 amide bonds. The Kier molecular flexibility index (Phi) is 8.84. The number of rotatable bonds is 7. The van der Waals surface area contributed by atoms with E-state index in [1.807, 2.05) is 12.1 Å². The van der Waals surface area contributed by atoms with Crippen LogP contribution < -0.4 is 0 Å². The van der Waals surface area contributed by atoms with Gasteiger partial charge >= 0.3 is 0 Å². The summed E-state index contributed by atoms with van der Waals surface area (Å²) in [5, 5.41) is 4.54. The van der Waals surface area contributed by atoms with Gasteiger partial charge in [0.05, 0.1) is 11.4 Å². The molecule has 0 aliphatic rings. The van der Waals surface area contributed by atoms with Crippen molar-refractivity contribution < 1.29 is 0 Å². The van der Waals surface area contributed by atoms with E-state index < -0.39 is 0 Å². The van der Waals surface area contributed by atoms with Gasteiger partial charge in [0.1, 0.15) is 9.66 Å². The standard InChI is InChI=1S/C56H34N4S2/c1-3-11-35(12-4-1)37-23-31-43(32-24-37)53-57-51(49-45-15-7-9-17-47(45)61-55(49)59-53)41-27-19-39(20-28-41)40-21-29-42(30-22-40)52-50-46-16-8-10-18-48(46)62-56(50)60-54(58-52)44-33-25-38(26-34-44)36-13-5-2-6-14-36/h1-34H. The molecule has 0 bridgehead atoms. The molecule has 62 heavy (non-hydrogen) atoms. The fourth-order valence-electron chi connectivity index (χ4n) is 8.45. The first kappa shape index (κ1) is 36.2. The number of thiophene rings is 2. The monoisotopic (exact) mass is 826 g/mol. The Morgan fingerprint density at radius 1 is 0.242 bits per heavy atom. The molecular formula is C56H34N4S2. The maximum Gasteiger partial charge on any atom is 0.161 e. The fraction of sp³-hybridized carbons (Fsp3) is 0. The van der Waals surface area contributed by atoms with E-state index in [-0.39, 0.29) is 0 Å². The number of nitrogens with zero attached hydrogens (tertiary/aromatic N) is 4. The highest BCUT2D eigenvalue weighted by molar-refractivity contribution is 7.26. The second-order valence-electron chi connectivity index (χ2n) is 15.4. The van der Waals surface area contributed by atoms with Crippen LogP contribution >= 0.6 is 22.7 Å². The summed E-state index contributed by atoms with van der Waals surface area (Å²) < 4.78 is 2.41. The molecule has 0 N–H and O–H groups in total. The zero-order valence-electron chi connectivity index (χ0n) is 33.2. The summed E-state index contributed by atoms with van der Waals surface area (Å²) in [6, 6.07) is 72.7. The molecule has 0 atom stereocenters. The average molecular weight is 827 g/mol. The third-order valence-corrected chi connectivity index (χ3v) is 13.8. The van der Waals surface area contributed by atoms with Crippen molar-refractivity contribution in [3.63, 3.8) is 0 Å². The van der Waals surface area contributed by atoms with Crippen LogP contribution in [-0.4, -0.2) is 19.9 Å². The molecule has 0 aliphatic heterocycles. The van der Waals surface area contributed by atoms with Gasteiger partial charge in [0.2, 0.25) is 0 Å². The second kappa shape index (κ2) is 15.1. The van der Waals surface area contributed by atoms with E-state index in [1.165, 1.54) is 42.4 Å². The van der Waals surface area contributed by atoms with Crippen molar-refractivity contribution in [2.45, 2.75) is 0 Å². The van der Waals surface area contributed by atoms with E-state index in [1.54, 1.807) is 22.7 Å². The molecule has 0 spiro atoms.